The van der Waals surface area contributed by atoms with E-state index in [0.717, 1.165) is 18.4 Å². The van der Waals surface area contributed by atoms with E-state index in [1.807, 2.05) is 0 Å². The molecule has 0 aliphatic rings. The SMILES string of the molecule is CS(=O)(=O)CCC(NN)c1cc(F)c(Cl)cc1F. The lowest BCUT2D eigenvalue weighted by Gasteiger charge is -2.17. The molecule has 0 aromatic heterocycles. The maximum atomic E-state index is 13.6. The van der Waals surface area contributed by atoms with E-state index in [1.54, 1.807) is 0 Å². The molecule has 0 heterocycles. The first-order valence-electron chi connectivity index (χ1n) is 5.03. The molecule has 102 valence electrons. The van der Waals surface area contributed by atoms with Gasteiger partial charge in [0.05, 0.1) is 10.8 Å². The summed E-state index contributed by atoms with van der Waals surface area (Å²) in [6.07, 6.45) is 1.09. The number of nitrogens with one attached hydrogen (secondary N) is 1. The Bertz CT molecular complexity index is 537. The number of hydrogen-bond acceptors (Lipinski definition) is 4. The predicted octanol–water partition coefficient (Wildman–Crippen LogP) is 1.56. The van der Waals surface area contributed by atoms with Crippen LogP contribution in [0.15, 0.2) is 12.1 Å². The lowest BCUT2D eigenvalue weighted by molar-refractivity contribution is 0.492. The van der Waals surface area contributed by atoms with E-state index in [1.165, 1.54) is 0 Å². The van der Waals surface area contributed by atoms with Gasteiger partial charge in [0.15, 0.2) is 0 Å². The van der Waals surface area contributed by atoms with E-state index in [0.29, 0.717) is 0 Å². The van der Waals surface area contributed by atoms with Crippen molar-refractivity contribution >= 4 is 21.4 Å². The summed E-state index contributed by atoms with van der Waals surface area (Å²) in [6.45, 7) is 0. The van der Waals surface area contributed by atoms with Crippen LogP contribution in [0.25, 0.3) is 0 Å². The lowest BCUT2D eigenvalue weighted by atomic mass is 10.0. The molecule has 4 nitrogen and oxygen atoms in total. The van der Waals surface area contributed by atoms with Crippen LogP contribution >= 0.6 is 11.6 Å². The number of sulfone groups is 1. The summed E-state index contributed by atoms with van der Waals surface area (Å²) in [5.74, 6) is 3.51. The van der Waals surface area contributed by atoms with Crippen molar-refractivity contribution in [2.75, 3.05) is 12.0 Å². The van der Waals surface area contributed by atoms with Crippen LogP contribution in [0.4, 0.5) is 8.78 Å². The molecule has 8 heteroatoms. The third-order valence-corrected chi connectivity index (χ3v) is 3.66. The van der Waals surface area contributed by atoms with Crippen LogP contribution in [0.2, 0.25) is 5.02 Å². The largest absolute Gasteiger partial charge is 0.271 e. The van der Waals surface area contributed by atoms with Crippen LogP contribution in [0.3, 0.4) is 0 Å². The summed E-state index contributed by atoms with van der Waals surface area (Å²) in [4.78, 5) is 0. The van der Waals surface area contributed by atoms with E-state index < -0.39 is 27.5 Å². The van der Waals surface area contributed by atoms with Crippen LogP contribution in [0.1, 0.15) is 18.0 Å². The molecule has 0 fully saturated rings. The Labute approximate surface area is 109 Å². The molecule has 1 atom stereocenters. The number of hydrogen-bond donors (Lipinski definition) is 2. The molecule has 0 saturated carbocycles. The molecule has 1 aromatic carbocycles. The molecule has 0 radical (unpaired) electrons. The summed E-state index contributed by atoms with van der Waals surface area (Å²) < 4.78 is 48.9. The first-order chi connectivity index (χ1) is 8.24. The zero-order valence-electron chi connectivity index (χ0n) is 9.58. The van der Waals surface area contributed by atoms with Crippen molar-refractivity contribution in [3.8, 4) is 0 Å². The maximum absolute atomic E-state index is 13.6. The summed E-state index contributed by atoms with van der Waals surface area (Å²) in [7, 11) is -3.21. The van der Waals surface area contributed by atoms with Gasteiger partial charge in [0.25, 0.3) is 0 Å². The van der Waals surface area contributed by atoms with E-state index in [9.17, 15) is 17.2 Å². The quantitative estimate of drug-likeness (QED) is 0.491. The Kier molecular flexibility index (Phi) is 5.03. The van der Waals surface area contributed by atoms with Crippen LogP contribution in [0.5, 0.6) is 0 Å². The van der Waals surface area contributed by atoms with Crippen LogP contribution in [-0.4, -0.2) is 20.4 Å². The normalized spacial score (nSPS) is 13.6. The van der Waals surface area contributed by atoms with Gasteiger partial charge in [-0.3, -0.25) is 11.3 Å². The van der Waals surface area contributed by atoms with Crippen molar-refractivity contribution < 1.29 is 17.2 Å². The highest BCUT2D eigenvalue weighted by Gasteiger charge is 2.19. The Morgan fingerprint density at radius 3 is 2.50 bits per heavy atom. The summed E-state index contributed by atoms with van der Waals surface area (Å²) in [5, 5.41) is -0.338. The second kappa shape index (κ2) is 5.92. The molecule has 0 bridgehead atoms. The number of nitrogens with two attached hydrogens (primary N) is 1. The van der Waals surface area contributed by atoms with Gasteiger partial charge in [-0.2, -0.15) is 0 Å². The number of hydrazine groups is 1. The molecular formula is C10H13ClF2N2O2S. The summed E-state index contributed by atoms with van der Waals surface area (Å²) in [6, 6.07) is 0.938. The van der Waals surface area contributed by atoms with Gasteiger partial charge in [-0.25, -0.2) is 17.2 Å². The monoisotopic (exact) mass is 298 g/mol. The second-order valence-electron chi connectivity index (χ2n) is 3.93. The fourth-order valence-corrected chi connectivity index (χ4v) is 2.28. The summed E-state index contributed by atoms with van der Waals surface area (Å²) >= 11 is 5.42. The number of rotatable bonds is 5. The van der Waals surface area contributed by atoms with E-state index in [4.69, 9.17) is 17.4 Å². The number of benzene rings is 1. The van der Waals surface area contributed by atoms with Crippen molar-refractivity contribution in [1.29, 1.82) is 0 Å². The van der Waals surface area contributed by atoms with Gasteiger partial charge >= 0.3 is 0 Å². The minimum Gasteiger partial charge on any atom is -0.271 e. The van der Waals surface area contributed by atoms with E-state index >= 15 is 0 Å². The molecule has 1 rings (SSSR count). The van der Waals surface area contributed by atoms with Crippen molar-refractivity contribution in [3.63, 3.8) is 0 Å². The second-order valence-corrected chi connectivity index (χ2v) is 6.59. The fraction of sp³-hybridized carbons (Fsp3) is 0.400. The lowest BCUT2D eigenvalue weighted by Crippen LogP contribution is -2.30. The first-order valence-corrected chi connectivity index (χ1v) is 7.46. The Morgan fingerprint density at radius 1 is 1.39 bits per heavy atom. The van der Waals surface area contributed by atoms with Crippen LogP contribution < -0.4 is 11.3 Å². The van der Waals surface area contributed by atoms with Crippen LogP contribution in [0, 0.1) is 11.6 Å². The highest BCUT2D eigenvalue weighted by atomic mass is 35.5. The zero-order valence-corrected chi connectivity index (χ0v) is 11.2. The smallest absolute Gasteiger partial charge is 0.147 e. The van der Waals surface area contributed by atoms with Gasteiger partial charge in [-0.15, -0.1) is 0 Å². The fourth-order valence-electron chi connectivity index (χ4n) is 1.47. The molecule has 1 aromatic rings. The molecule has 0 aliphatic carbocycles. The van der Waals surface area contributed by atoms with Crippen molar-refractivity contribution in [2.45, 2.75) is 12.5 Å². The van der Waals surface area contributed by atoms with Gasteiger partial charge in [-0.05, 0) is 18.6 Å². The molecule has 0 saturated heterocycles. The molecule has 3 N–H and O–H groups in total. The molecule has 1 unspecified atom stereocenters. The topological polar surface area (TPSA) is 72.2 Å². The van der Waals surface area contributed by atoms with Gasteiger partial charge in [0, 0.05) is 17.9 Å². The van der Waals surface area contributed by atoms with Crippen molar-refractivity contribution in [2.24, 2.45) is 5.84 Å². The minimum absolute atomic E-state index is 0.0350. The van der Waals surface area contributed by atoms with Gasteiger partial charge < -0.3 is 0 Å². The third kappa shape index (κ3) is 4.16. The molecular weight excluding hydrogens is 286 g/mol. The van der Waals surface area contributed by atoms with E-state index in [-0.39, 0.29) is 22.8 Å². The summed E-state index contributed by atoms with van der Waals surface area (Å²) in [5.41, 5.74) is 2.21. The minimum atomic E-state index is -3.21. The predicted molar refractivity (Wildman–Crippen MR) is 65.8 cm³/mol. The Hall–Kier alpha value is -0.760. The molecule has 0 aliphatic heterocycles. The van der Waals surface area contributed by atoms with Gasteiger partial charge in [0.1, 0.15) is 21.5 Å². The zero-order chi connectivity index (χ0) is 13.9. The maximum Gasteiger partial charge on any atom is 0.147 e. The average Bonchev–Trinajstić information content (AvgIpc) is 2.24. The van der Waals surface area contributed by atoms with E-state index in [2.05, 4.69) is 5.43 Å². The Morgan fingerprint density at radius 2 is 2.00 bits per heavy atom. The van der Waals surface area contributed by atoms with Crippen molar-refractivity contribution in [3.05, 3.63) is 34.4 Å². The number of halogens is 3. The first kappa shape index (κ1) is 15.3. The molecule has 0 amide bonds. The van der Waals surface area contributed by atoms with Gasteiger partial charge in [-0.1, -0.05) is 11.6 Å². The highest BCUT2D eigenvalue weighted by molar-refractivity contribution is 7.90. The Balaban J connectivity index is 2.98. The average molecular weight is 299 g/mol. The third-order valence-electron chi connectivity index (χ3n) is 2.39. The van der Waals surface area contributed by atoms with Crippen molar-refractivity contribution in [1.82, 2.24) is 5.43 Å². The van der Waals surface area contributed by atoms with Gasteiger partial charge in [0.2, 0.25) is 0 Å². The highest BCUT2D eigenvalue weighted by Crippen LogP contribution is 2.25. The van der Waals surface area contributed by atoms with Crippen LogP contribution in [-0.2, 0) is 9.84 Å². The molecule has 18 heavy (non-hydrogen) atoms. The molecule has 0 spiro atoms. The standard InChI is InChI=1S/C10H13ClF2N2O2S/c1-18(16,17)3-2-10(15-14)6-4-9(13)7(11)5-8(6)12/h4-5,10,15H,2-3,14H2,1H3.